The van der Waals surface area contributed by atoms with Gasteiger partial charge in [0, 0.05) is 6.20 Å². The Balaban J connectivity index is 1.82. The van der Waals surface area contributed by atoms with Gasteiger partial charge in [0.05, 0.1) is 24.1 Å². The van der Waals surface area contributed by atoms with Crippen molar-refractivity contribution in [1.82, 2.24) is 10.3 Å². The number of aromatic nitrogens is 1. The molecule has 0 aromatic carbocycles. The first-order valence-electron chi connectivity index (χ1n) is 12.9. The van der Waals surface area contributed by atoms with Gasteiger partial charge in [-0.1, -0.05) is 44.1 Å². The summed E-state index contributed by atoms with van der Waals surface area (Å²) in [6.45, 7) is 3.94. The van der Waals surface area contributed by atoms with Crippen molar-refractivity contribution < 1.29 is 33.4 Å². The van der Waals surface area contributed by atoms with Gasteiger partial charge in [0.1, 0.15) is 13.2 Å². The van der Waals surface area contributed by atoms with Crippen molar-refractivity contribution in [2.24, 2.45) is 17.8 Å². The SMILES string of the molecule is C/C1=C\C(C)C/C=C/CCOC(=O)CNC(=O)C(c2ccccn2)OC(=O)C2CCCCC2C(=O)OC1. The van der Waals surface area contributed by atoms with Gasteiger partial charge in [0.25, 0.3) is 5.91 Å². The molecule has 1 aromatic rings. The van der Waals surface area contributed by atoms with Crippen LogP contribution in [0.3, 0.4) is 0 Å². The van der Waals surface area contributed by atoms with E-state index >= 15 is 0 Å². The lowest BCUT2D eigenvalue weighted by Crippen LogP contribution is -2.40. The molecule has 1 amide bonds. The van der Waals surface area contributed by atoms with E-state index in [-0.39, 0.29) is 31.4 Å². The number of carbonyl (C=O) groups excluding carboxylic acids is 4. The van der Waals surface area contributed by atoms with Gasteiger partial charge < -0.3 is 19.5 Å². The van der Waals surface area contributed by atoms with E-state index in [1.807, 2.05) is 19.1 Å². The molecule has 1 aromatic heterocycles. The highest BCUT2D eigenvalue weighted by molar-refractivity contribution is 5.89. The Kier molecular flexibility index (Phi) is 10.9. The van der Waals surface area contributed by atoms with Crippen LogP contribution in [-0.2, 0) is 33.4 Å². The molecule has 1 aliphatic heterocycles. The summed E-state index contributed by atoms with van der Waals surface area (Å²) in [4.78, 5) is 55.5. The molecule has 1 fully saturated rings. The zero-order valence-corrected chi connectivity index (χ0v) is 21.5. The number of fused-ring (bicyclic) bond motifs is 1. The molecule has 1 aliphatic carbocycles. The monoisotopic (exact) mass is 512 g/mol. The summed E-state index contributed by atoms with van der Waals surface area (Å²) >= 11 is 0. The number of cyclic esters (lactones) is 3. The molecule has 0 bridgehead atoms. The number of nitrogens with zero attached hydrogens (tertiary/aromatic N) is 1. The molecule has 2 heterocycles. The highest BCUT2D eigenvalue weighted by Crippen LogP contribution is 2.33. The fourth-order valence-corrected chi connectivity index (χ4v) is 4.54. The topological polar surface area (TPSA) is 121 Å². The number of hydrogen-bond acceptors (Lipinski definition) is 8. The third-order valence-corrected chi connectivity index (χ3v) is 6.44. The molecule has 3 rings (SSSR count). The van der Waals surface area contributed by atoms with Crippen molar-refractivity contribution in [2.75, 3.05) is 19.8 Å². The van der Waals surface area contributed by atoms with Crippen LogP contribution in [0, 0.1) is 17.8 Å². The van der Waals surface area contributed by atoms with Gasteiger partial charge in [-0.3, -0.25) is 24.2 Å². The maximum atomic E-state index is 13.3. The lowest BCUT2D eigenvalue weighted by molar-refractivity contribution is -0.169. The number of nitrogens with one attached hydrogen (secondary N) is 1. The molecule has 1 saturated carbocycles. The standard InChI is InChI=1S/C28H36N2O7/c1-19-10-4-3-9-15-35-24(31)17-30-26(32)25(23-13-7-8-14-29-23)37-28(34)22-12-6-5-11-21(22)27(33)36-18-20(2)16-19/h3-4,7-8,13-14,16,19,21-22,25H,5-6,9-12,15,17-18H2,1-2H3,(H,30,32)/b4-3+,20-16+. The van der Waals surface area contributed by atoms with E-state index < -0.39 is 41.8 Å². The second-order valence-electron chi connectivity index (χ2n) is 9.60. The van der Waals surface area contributed by atoms with Gasteiger partial charge in [-0.2, -0.15) is 0 Å². The summed E-state index contributed by atoms with van der Waals surface area (Å²) in [6, 6.07) is 4.90. The van der Waals surface area contributed by atoms with Crippen LogP contribution in [-0.4, -0.2) is 48.6 Å². The average molecular weight is 513 g/mol. The quantitative estimate of drug-likeness (QED) is 0.344. The Morgan fingerprint density at radius 2 is 1.73 bits per heavy atom. The van der Waals surface area contributed by atoms with Gasteiger partial charge >= 0.3 is 17.9 Å². The molecule has 200 valence electrons. The van der Waals surface area contributed by atoms with Crippen LogP contribution in [0.4, 0.5) is 0 Å². The third-order valence-electron chi connectivity index (χ3n) is 6.44. The van der Waals surface area contributed by atoms with E-state index in [0.29, 0.717) is 19.3 Å². The fraction of sp³-hybridized carbons (Fsp3) is 0.536. The molecule has 9 heteroatoms. The summed E-state index contributed by atoms with van der Waals surface area (Å²) < 4.78 is 16.4. The maximum absolute atomic E-state index is 13.3. The van der Waals surface area contributed by atoms with Crippen molar-refractivity contribution in [1.29, 1.82) is 0 Å². The Morgan fingerprint density at radius 3 is 2.46 bits per heavy atom. The van der Waals surface area contributed by atoms with Crippen LogP contribution in [0.15, 0.2) is 48.2 Å². The lowest BCUT2D eigenvalue weighted by Gasteiger charge is -2.29. The third kappa shape index (κ3) is 8.84. The molecule has 0 spiro atoms. The molecule has 37 heavy (non-hydrogen) atoms. The summed E-state index contributed by atoms with van der Waals surface area (Å²) in [5.41, 5.74) is 1.14. The van der Waals surface area contributed by atoms with Crippen molar-refractivity contribution in [3.8, 4) is 0 Å². The molecule has 0 saturated heterocycles. The number of hydrogen-bond donors (Lipinski definition) is 1. The number of esters is 3. The minimum absolute atomic E-state index is 0.153. The number of carbonyl (C=O) groups is 4. The van der Waals surface area contributed by atoms with E-state index in [0.717, 1.165) is 24.8 Å². The smallest absolute Gasteiger partial charge is 0.325 e. The van der Waals surface area contributed by atoms with Gasteiger partial charge in [0.15, 0.2) is 0 Å². The van der Waals surface area contributed by atoms with Gasteiger partial charge in [-0.25, -0.2) is 0 Å². The summed E-state index contributed by atoms with van der Waals surface area (Å²) in [6.07, 6.45) is 9.99. The summed E-state index contributed by atoms with van der Waals surface area (Å²) in [5.74, 6) is -3.52. The highest BCUT2D eigenvalue weighted by Gasteiger charge is 2.40. The van der Waals surface area contributed by atoms with Crippen molar-refractivity contribution >= 4 is 23.8 Å². The van der Waals surface area contributed by atoms with Crippen LogP contribution in [0.5, 0.6) is 0 Å². The number of rotatable bonds is 1. The molecular weight excluding hydrogens is 476 g/mol. The van der Waals surface area contributed by atoms with Crippen LogP contribution < -0.4 is 5.32 Å². The van der Waals surface area contributed by atoms with Gasteiger partial charge in [0.2, 0.25) is 6.10 Å². The Morgan fingerprint density at radius 1 is 0.973 bits per heavy atom. The highest BCUT2D eigenvalue weighted by atomic mass is 16.6. The number of amides is 1. The van der Waals surface area contributed by atoms with E-state index in [2.05, 4.69) is 23.3 Å². The van der Waals surface area contributed by atoms with Crippen LogP contribution in [0.25, 0.3) is 0 Å². The number of ether oxygens (including phenoxy) is 3. The van der Waals surface area contributed by atoms with E-state index in [1.165, 1.54) is 6.20 Å². The Bertz CT molecular complexity index is 1010. The molecular formula is C28H36N2O7. The Labute approximate surface area is 217 Å². The fourth-order valence-electron chi connectivity index (χ4n) is 4.54. The predicted molar refractivity (Wildman–Crippen MR) is 135 cm³/mol. The van der Waals surface area contributed by atoms with E-state index in [4.69, 9.17) is 14.2 Å². The van der Waals surface area contributed by atoms with E-state index in [1.54, 1.807) is 18.2 Å². The minimum Gasteiger partial charge on any atom is -0.464 e. The number of pyridine rings is 1. The first-order chi connectivity index (χ1) is 17.8. The average Bonchev–Trinajstić information content (AvgIpc) is 2.90. The first kappa shape index (κ1) is 28.1. The van der Waals surface area contributed by atoms with Crippen molar-refractivity contribution in [2.45, 2.75) is 58.5 Å². The number of allylic oxidation sites excluding steroid dienone is 2. The molecule has 1 N–H and O–H groups in total. The van der Waals surface area contributed by atoms with Crippen LogP contribution in [0.1, 0.15) is 64.2 Å². The first-order valence-corrected chi connectivity index (χ1v) is 12.9. The van der Waals surface area contributed by atoms with Gasteiger partial charge in [-0.15, -0.1) is 0 Å². The molecule has 9 nitrogen and oxygen atoms in total. The minimum atomic E-state index is -1.37. The predicted octanol–water partition coefficient (Wildman–Crippen LogP) is 3.61. The molecule has 0 radical (unpaired) electrons. The van der Waals surface area contributed by atoms with Crippen LogP contribution >= 0.6 is 0 Å². The summed E-state index contributed by atoms with van der Waals surface area (Å²) in [5, 5.41) is 2.48. The normalized spacial score (nSPS) is 29.6. The lowest BCUT2D eigenvalue weighted by atomic mass is 9.79. The van der Waals surface area contributed by atoms with Crippen molar-refractivity contribution in [3.05, 3.63) is 53.9 Å². The maximum Gasteiger partial charge on any atom is 0.325 e. The zero-order chi connectivity index (χ0) is 26.6. The Hall–Kier alpha value is -3.49. The van der Waals surface area contributed by atoms with Crippen LogP contribution in [0.2, 0.25) is 0 Å². The molecule has 4 unspecified atom stereocenters. The zero-order valence-electron chi connectivity index (χ0n) is 21.5. The summed E-state index contributed by atoms with van der Waals surface area (Å²) in [7, 11) is 0. The molecule has 4 atom stereocenters. The van der Waals surface area contributed by atoms with Crippen molar-refractivity contribution in [3.63, 3.8) is 0 Å². The van der Waals surface area contributed by atoms with E-state index in [9.17, 15) is 19.2 Å². The van der Waals surface area contributed by atoms with Gasteiger partial charge in [-0.05, 0) is 56.2 Å². The second kappa shape index (κ2) is 14.3. The molecule has 2 aliphatic rings. The second-order valence-corrected chi connectivity index (χ2v) is 9.60. The largest absolute Gasteiger partial charge is 0.464 e.